The quantitative estimate of drug-likeness (QED) is 0.727. The van der Waals surface area contributed by atoms with Crippen LogP contribution < -0.4 is 15.4 Å². The number of benzene rings is 1. The predicted molar refractivity (Wildman–Crippen MR) is 81.5 cm³/mol. The number of hydrogen-bond acceptors (Lipinski definition) is 3. The smallest absolute Gasteiger partial charge is 0.315 e. The molecule has 0 heterocycles. The van der Waals surface area contributed by atoms with Crippen LogP contribution in [-0.4, -0.2) is 36.4 Å². The molecule has 3 N–H and O–H groups in total. The number of aliphatic hydroxyl groups is 1. The summed E-state index contributed by atoms with van der Waals surface area (Å²) >= 11 is 0. The van der Waals surface area contributed by atoms with E-state index in [0.717, 1.165) is 37.0 Å². The van der Waals surface area contributed by atoms with E-state index in [1.165, 1.54) is 0 Å². The van der Waals surface area contributed by atoms with Crippen LogP contribution in [0, 0.1) is 6.92 Å². The summed E-state index contributed by atoms with van der Waals surface area (Å²) in [5.74, 6) is 0.818. The van der Waals surface area contributed by atoms with E-state index in [4.69, 9.17) is 4.74 Å². The van der Waals surface area contributed by atoms with Crippen LogP contribution in [0.25, 0.3) is 0 Å². The summed E-state index contributed by atoms with van der Waals surface area (Å²) < 4.78 is 5.57. The van der Waals surface area contributed by atoms with Gasteiger partial charge >= 0.3 is 6.03 Å². The van der Waals surface area contributed by atoms with Crippen molar-refractivity contribution in [3.8, 4) is 5.75 Å². The van der Waals surface area contributed by atoms with Crippen LogP contribution in [0.3, 0.4) is 0 Å². The van der Waals surface area contributed by atoms with Gasteiger partial charge in [0.2, 0.25) is 0 Å². The highest BCUT2D eigenvalue weighted by molar-refractivity contribution is 5.74. The van der Waals surface area contributed by atoms with E-state index >= 15 is 0 Å². The molecule has 2 amide bonds. The number of nitrogens with one attached hydrogen (secondary N) is 2. The van der Waals surface area contributed by atoms with Crippen LogP contribution in [0.5, 0.6) is 5.75 Å². The zero-order valence-corrected chi connectivity index (χ0v) is 12.5. The summed E-state index contributed by atoms with van der Waals surface area (Å²) in [6.45, 7) is 2.93. The van der Waals surface area contributed by atoms with Crippen LogP contribution in [0.1, 0.15) is 31.2 Å². The molecule has 0 saturated heterocycles. The number of aryl methyl sites for hydroxylation is 1. The number of aliphatic hydroxyl groups excluding tert-OH is 1. The Balaban J connectivity index is 1.59. The van der Waals surface area contributed by atoms with Crippen molar-refractivity contribution >= 4 is 6.03 Å². The molecule has 21 heavy (non-hydrogen) atoms. The molecule has 0 spiro atoms. The van der Waals surface area contributed by atoms with E-state index in [-0.39, 0.29) is 18.2 Å². The Morgan fingerprint density at radius 1 is 1.33 bits per heavy atom. The van der Waals surface area contributed by atoms with E-state index in [1.807, 2.05) is 31.2 Å². The van der Waals surface area contributed by atoms with Crippen molar-refractivity contribution in [3.05, 3.63) is 29.8 Å². The first-order chi connectivity index (χ1) is 10.1. The van der Waals surface area contributed by atoms with Gasteiger partial charge in [-0.15, -0.1) is 0 Å². The Morgan fingerprint density at radius 3 is 2.81 bits per heavy atom. The Labute approximate surface area is 125 Å². The molecular formula is C16H24N2O3. The second kappa shape index (κ2) is 7.88. The molecule has 0 atom stereocenters. The average Bonchev–Trinajstić information content (AvgIpc) is 2.46. The molecule has 0 radical (unpaired) electrons. The van der Waals surface area contributed by atoms with E-state index < -0.39 is 0 Å². The van der Waals surface area contributed by atoms with E-state index in [1.54, 1.807) is 0 Å². The lowest BCUT2D eigenvalue weighted by molar-refractivity contribution is 0.117. The minimum Gasteiger partial charge on any atom is -0.492 e. The summed E-state index contributed by atoms with van der Waals surface area (Å²) in [6.07, 6.45) is 3.01. The van der Waals surface area contributed by atoms with Gasteiger partial charge in [-0.05, 0) is 50.3 Å². The van der Waals surface area contributed by atoms with Crippen LogP contribution in [-0.2, 0) is 0 Å². The van der Waals surface area contributed by atoms with Crippen molar-refractivity contribution in [2.45, 2.75) is 44.8 Å². The molecule has 116 valence electrons. The second-order valence-electron chi connectivity index (χ2n) is 5.57. The molecule has 1 aromatic rings. The zero-order valence-electron chi connectivity index (χ0n) is 12.5. The molecule has 2 rings (SSSR count). The van der Waals surface area contributed by atoms with Crippen molar-refractivity contribution in [2.24, 2.45) is 0 Å². The van der Waals surface area contributed by atoms with Gasteiger partial charge < -0.3 is 20.5 Å². The fraction of sp³-hybridized carbons (Fsp3) is 0.562. The summed E-state index contributed by atoms with van der Waals surface area (Å²) in [5.41, 5.74) is 1.15. The monoisotopic (exact) mass is 292 g/mol. The Morgan fingerprint density at radius 2 is 2.10 bits per heavy atom. The van der Waals surface area contributed by atoms with Gasteiger partial charge in [-0.25, -0.2) is 4.79 Å². The molecule has 0 aromatic heterocycles. The number of carbonyl (C=O) groups excluding carboxylic acids is 1. The van der Waals surface area contributed by atoms with Gasteiger partial charge in [0.05, 0.1) is 12.6 Å². The van der Waals surface area contributed by atoms with Gasteiger partial charge in [0, 0.05) is 6.04 Å². The standard InChI is InChI=1S/C16H24N2O3/c1-12-3-2-4-15(11-12)21-10-9-17-16(20)18-13-5-7-14(19)8-6-13/h2-4,11,13-14,19H,5-10H2,1H3,(H2,17,18,20). The summed E-state index contributed by atoms with van der Waals surface area (Å²) in [6, 6.07) is 7.84. The van der Waals surface area contributed by atoms with Gasteiger partial charge in [0.15, 0.2) is 0 Å². The molecule has 1 aromatic carbocycles. The number of rotatable bonds is 5. The maximum Gasteiger partial charge on any atom is 0.315 e. The van der Waals surface area contributed by atoms with Crippen molar-refractivity contribution in [1.82, 2.24) is 10.6 Å². The molecule has 0 aliphatic heterocycles. The summed E-state index contributed by atoms with van der Waals surface area (Å²) in [7, 11) is 0. The lowest BCUT2D eigenvalue weighted by Gasteiger charge is -2.26. The number of ether oxygens (including phenoxy) is 1. The molecule has 1 saturated carbocycles. The van der Waals surface area contributed by atoms with Gasteiger partial charge in [-0.1, -0.05) is 12.1 Å². The normalized spacial score (nSPS) is 21.6. The van der Waals surface area contributed by atoms with Crippen molar-refractivity contribution in [2.75, 3.05) is 13.2 Å². The SMILES string of the molecule is Cc1cccc(OCCNC(=O)NC2CCC(O)CC2)c1. The average molecular weight is 292 g/mol. The van der Waals surface area contributed by atoms with E-state index in [0.29, 0.717) is 13.2 Å². The van der Waals surface area contributed by atoms with Crippen LogP contribution >= 0.6 is 0 Å². The lowest BCUT2D eigenvalue weighted by Crippen LogP contribution is -2.45. The van der Waals surface area contributed by atoms with Gasteiger partial charge in [0.1, 0.15) is 12.4 Å². The molecule has 5 nitrogen and oxygen atoms in total. The topological polar surface area (TPSA) is 70.6 Å². The molecule has 1 fully saturated rings. The third-order valence-corrected chi connectivity index (χ3v) is 3.68. The minimum absolute atomic E-state index is 0.163. The predicted octanol–water partition coefficient (Wildman–Crippen LogP) is 1.98. The van der Waals surface area contributed by atoms with Crippen LogP contribution in [0.4, 0.5) is 4.79 Å². The molecule has 5 heteroatoms. The van der Waals surface area contributed by atoms with Crippen molar-refractivity contribution in [1.29, 1.82) is 0 Å². The molecule has 0 unspecified atom stereocenters. The summed E-state index contributed by atoms with van der Waals surface area (Å²) in [5, 5.41) is 15.1. The first kappa shape index (κ1) is 15.6. The highest BCUT2D eigenvalue weighted by atomic mass is 16.5. The Bertz CT molecular complexity index is 457. The van der Waals surface area contributed by atoms with Crippen LogP contribution in [0.15, 0.2) is 24.3 Å². The van der Waals surface area contributed by atoms with Gasteiger partial charge in [-0.2, -0.15) is 0 Å². The van der Waals surface area contributed by atoms with Crippen molar-refractivity contribution in [3.63, 3.8) is 0 Å². The Kier molecular flexibility index (Phi) is 5.87. The molecule has 0 bridgehead atoms. The number of amides is 2. The van der Waals surface area contributed by atoms with Gasteiger partial charge in [-0.3, -0.25) is 0 Å². The number of hydrogen-bond donors (Lipinski definition) is 3. The highest BCUT2D eigenvalue weighted by Gasteiger charge is 2.20. The third kappa shape index (κ3) is 5.63. The number of carbonyl (C=O) groups is 1. The third-order valence-electron chi connectivity index (χ3n) is 3.68. The first-order valence-corrected chi connectivity index (χ1v) is 7.55. The highest BCUT2D eigenvalue weighted by Crippen LogP contribution is 2.18. The largest absolute Gasteiger partial charge is 0.492 e. The maximum absolute atomic E-state index is 11.7. The maximum atomic E-state index is 11.7. The molecular weight excluding hydrogens is 268 g/mol. The van der Waals surface area contributed by atoms with Gasteiger partial charge in [0.25, 0.3) is 0 Å². The number of urea groups is 1. The fourth-order valence-corrected chi connectivity index (χ4v) is 2.50. The lowest BCUT2D eigenvalue weighted by atomic mass is 9.93. The molecule has 1 aliphatic carbocycles. The summed E-state index contributed by atoms with van der Waals surface area (Å²) in [4.78, 5) is 11.7. The van der Waals surface area contributed by atoms with E-state index in [9.17, 15) is 9.90 Å². The minimum atomic E-state index is -0.200. The first-order valence-electron chi connectivity index (χ1n) is 7.55. The zero-order chi connectivity index (χ0) is 15.1. The van der Waals surface area contributed by atoms with E-state index in [2.05, 4.69) is 10.6 Å². The molecule has 1 aliphatic rings. The Hall–Kier alpha value is -1.75. The van der Waals surface area contributed by atoms with Crippen LogP contribution in [0.2, 0.25) is 0 Å². The fourth-order valence-electron chi connectivity index (χ4n) is 2.50. The second-order valence-corrected chi connectivity index (χ2v) is 5.57. The van der Waals surface area contributed by atoms with Crippen molar-refractivity contribution < 1.29 is 14.6 Å².